The molecule has 1 unspecified atom stereocenters. The summed E-state index contributed by atoms with van der Waals surface area (Å²) in [5.74, 6) is -0.541. The SMILES string of the molecule is Cc1cc(C(=O)COC(=O)c2c3c(nc4ccccc24)CCC3)c(C)n1C1CCS(=O)(=O)C1. The van der Waals surface area contributed by atoms with Crippen LogP contribution in [-0.2, 0) is 27.4 Å². The highest BCUT2D eigenvalue weighted by molar-refractivity contribution is 7.91. The molecule has 0 amide bonds. The summed E-state index contributed by atoms with van der Waals surface area (Å²) in [4.78, 5) is 30.8. The lowest BCUT2D eigenvalue weighted by Gasteiger charge is -2.16. The minimum atomic E-state index is -3.04. The third-order valence-electron chi connectivity index (χ3n) is 6.82. The van der Waals surface area contributed by atoms with E-state index < -0.39 is 15.8 Å². The van der Waals surface area contributed by atoms with Gasteiger partial charge in [0.25, 0.3) is 0 Å². The van der Waals surface area contributed by atoms with Crippen molar-refractivity contribution in [1.29, 1.82) is 0 Å². The maximum absolute atomic E-state index is 13.1. The molecule has 1 aliphatic carbocycles. The predicted molar refractivity (Wildman–Crippen MR) is 125 cm³/mol. The molecule has 7 nitrogen and oxygen atoms in total. The number of benzene rings is 1. The zero-order valence-electron chi connectivity index (χ0n) is 18.8. The summed E-state index contributed by atoms with van der Waals surface area (Å²) in [6.45, 7) is 3.32. The lowest BCUT2D eigenvalue weighted by Crippen LogP contribution is -2.18. The highest BCUT2D eigenvalue weighted by atomic mass is 32.2. The van der Waals surface area contributed by atoms with Gasteiger partial charge in [0.05, 0.1) is 22.6 Å². The van der Waals surface area contributed by atoms with E-state index in [0.29, 0.717) is 23.2 Å². The van der Waals surface area contributed by atoms with Gasteiger partial charge in [0.15, 0.2) is 16.4 Å². The molecule has 172 valence electrons. The molecule has 0 bridgehead atoms. The van der Waals surface area contributed by atoms with Crippen molar-refractivity contribution in [2.45, 2.75) is 45.6 Å². The number of fused-ring (bicyclic) bond motifs is 2. The predicted octanol–water partition coefficient (Wildman–Crippen LogP) is 3.54. The third kappa shape index (κ3) is 3.86. The second-order valence-electron chi connectivity index (χ2n) is 8.99. The van der Waals surface area contributed by atoms with Crippen molar-refractivity contribution in [1.82, 2.24) is 9.55 Å². The average Bonchev–Trinajstić information content (AvgIpc) is 3.46. The number of aromatic nitrogens is 2. The van der Waals surface area contributed by atoms with Gasteiger partial charge in [-0.05, 0) is 57.2 Å². The molecule has 33 heavy (non-hydrogen) atoms. The molecular formula is C25H26N2O5S. The van der Waals surface area contributed by atoms with E-state index in [4.69, 9.17) is 9.72 Å². The van der Waals surface area contributed by atoms with Crippen molar-refractivity contribution in [3.05, 3.63) is 64.1 Å². The first-order valence-corrected chi connectivity index (χ1v) is 13.1. The molecule has 0 N–H and O–H groups in total. The summed E-state index contributed by atoms with van der Waals surface area (Å²) >= 11 is 0. The van der Waals surface area contributed by atoms with Crippen molar-refractivity contribution in [2.75, 3.05) is 18.1 Å². The number of nitrogens with zero attached hydrogens (tertiary/aromatic N) is 2. The number of hydrogen-bond acceptors (Lipinski definition) is 6. The summed E-state index contributed by atoms with van der Waals surface area (Å²) in [7, 11) is -3.04. The molecule has 0 spiro atoms. The highest BCUT2D eigenvalue weighted by Crippen LogP contribution is 2.31. The number of carbonyl (C=O) groups is 2. The number of sulfone groups is 1. The van der Waals surface area contributed by atoms with Gasteiger partial charge in [-0.3, -0.25) is 9.78 Å². The number of carbonyl (C=O) groups excluding carboxylic acids is 2. The zero-order valence-corrected chi connectivity index (χ0v) is 19.6. The third-order valence-corrected chi connectivity index (χ3v) is 8.57. The largest absolute Gasteiger partial charge is 0.454 e. The van der Waals surface area contributed by atoms with Crippen LogP contribution in [0.15, 0.2) is 30.3 Å². The molecule has 0 radical (unpaired) electrons. The first kappa shape index (κ1) is 21.8. The van der Waals surface area contributed by atoms with E-state index in [1.165, 1.54) is 0 Å². The maximum atomic E-state index is 13.1. The van der Waals surface area contributed by atoms with Gasteiger partial charge in [-0.2, -0.15) is 0 Å². The Morgan fingerprint density at radius 1 is 1.18 bits per heavy atom. The molecule has 1 fully saturated rings. The minimum Gasteiger partial charge on any atom is -0.454 e. The number of aryl methyl sites for hydroxylation is 2. The number of ether oxygens (including phenoxy) is 1. The van der Waals surface area contributed by atoms with E-state index in [9.17, 15) is 18.0 Å². The molecule has 3 aromatic rings. The van der Waals surface area contributed by atoms with Crippen LogP contribution in [0, 0.1) is 13.8 Å². The first-order valence-electron chi connectivity index (χ1n) is 11.2. The number of para-hydroxylation sites is 1. The Morgan fingerprint density at radius 2 is 1.97 bits per heavy atom. The summed E-state index contributed by atoms with van der Waals surface area (Å²) < 4.78 is 31.3. The number of Topliss-reactive ketones (excluding diaryl/α,β-unsaturated/α-hetero) is 1. The van der Waals surface area contributed by atoms with Crippen LogP contribution < -0.4 is 0 Å². The van der Waals surface area contributed by atoms with E-state index in [1.807, 2.05) is 42.7 Å². The topological polar surface area (TPSA) is 95.3 Å². The van der Waals surface area contributed by atoms with Crippen LogP contribution in [0.25, 0.3) is 10.9 Å². The lowest BCUT2D eigenvalue weighted by atomic mass is 10.0. The molecule has 0 saturated carbocycles. The van der Waals surface area contributed by atoms with Gasteiger partial charge in [-0.15, -0.1) is 0 Å². The Kier molecular flexibility index (Phi) is 5.35. The van der Waals surface area contributed by atoms with Crippen LogP contribution >= 0.6 is 0 Å². The standard InChI is InChI=1S/C25H26N2O5S/c1-15-12-20(16(2)27(15)17-10-11-33(30,31)14-17)23(28)13-32-25(29)24-18-6-3-4-8-21(18)26-22-9-5-7-19(22)24/h3-4,6,8,12,17H,5,7,9-11,13-14H2,1-2H3. The smallest absolute Gasteiger partial charge is 0.339 e. The van der Waals surface area contributed by atoms with Gasteiger partial charge in [-0.1, -0.05) is 18.2 Å². The molecule has 2 aromatic heterocycles. The zero-order chi connectivity index (χ0) is 23.3. The molecule has 5 rings (SSSR count). The lowest BCUT2D eigenvalue weighted by molar-refractivity contribution is 0.0475. The van der Waals surface area contributed by atoms with Crippen molar-refractivity contribution in [2.24, 2.45) is 0 Å². The molecule has 8 heteroatoms. The van der Waals surface area contributed by atoms with Gasteiger partial charge in [0.2, 0.25) is 5.78 Å². The van der Waals surface area contributed by atoms with Gasteiger partial charge in [0, 0.05) is 34.1 Å². The molecule has 1 saturated heterocycles. The van der Waals surface area contributed by atoms with Crippen molar-refractivity contribution in [3.8, 4) is 0 Å². The van der Waals surface area contributed by atoms with Gasteiger partial charge >= 0.3 is 5.97 Å². The number of rotatable bonds is 5. The number of esters is 1. The van der Waals surface area contributed by atoms with E-state index in [2.05, 4.69) is 0 Å². The summed E-state index contributed by atoms with van der Waals surface area (Å²) in [6, 6.07) is 9.10. The van der Waals surface area contributed by atoms with Crippen LogP contribution in [0.1, 0.15) is 62.2 Å². The molecule has 1 aromatic carbocycles. The monoisotopic (exact) mass is 466 g/mol. The molecule has 1 aliphatic heterocycles. The van der Waals surface area contributed by atoms with Gasteiger partial charge in [0.1, 0.15) is 0 Å². The van der Waals surface area contributed by atoms with E-state index >= 15 is 0 Å². The second-order valence-corrected chi connectivity index (χ2v) is 11.2. The van der Waals surface area contributed by atoms with Crippen LogP contribution in [0.5, 0.6) is 0 Å². The quantitative estimate of drug-likeness (QED) is 0.422. The highest BCUT2D eigenvalue weighted by Gasteiger charge is 2.32. The van der Waals surface area contributed by atoms with E-state index in [0.717, 1.165) is 47.1 Å². The Hall–Kier alpha value is -3.00. The Labute approximate surface area is 192 Å². The second kappa shape index (κ2) is 8.09. The van der Waals surface area contributed by atoms with Crippen LogP contribution in [0.4, 0.5) is 0 Å². The van der Waals surface area contributed by atoms with Crippen molar-refractivity contribution < 1.29 is 22.7 Å². The van der Waals surface area contributed by atoms with Crippen molar-refractivity contribution >= 4 is 32.5 Å². The normalized spacial score (nSPS) is 19.0. The number of hydrogen-bond donors (Lipinski definition) is 0. The van der Waals surface area contributed by atoms with Crippen molar-refractivity contribution in [3.63, 3.8) is 0 Å². The summed E-state index contributed by atoms with van der Waals surface area (Å²) in [5.41, 5.74) is 5.14. The minimum absolute atomic E-state index is 0.0895. The first-order chi connectivity index (χ1) is 15.7. The fourth-order valence-electron chi connectivity index (χ4n) is 5.33. The average molecular weight is 467 g/mol. The van der Waals surface area contributed by atoms with Crippen LogP contribution in [0.3, 0.4) is 0 Å². The van der Waals surface area contributed by atoms with Crippen LogP contribution in [0.2, 0.25) is 0 Å². The Bertz CT molecular complexity index is 1400. The fourth-order valence-corrected chi connectivity index (χ4v) is 7.03. The molecular weight excluding hydrogens is 440 g/mol. The summed E-state index contributed by atoms with van der Waals surface area (Å²) in [6.07, 6.45) is 3.10. The molecule has 1 atom stereocenters. The van der Waals surface area contributed by atoms with Crippen LogP contribution in [-0.4, -0.2) is 47.8 Å². The van der Waals surface area contributed by atoms with E-state index in [-0.39, 0.29) is 29.9 Å². The van der Waals surface area contributed by atoms with Gasteiger partial charge in [-0.25, -0.2) is 13.2 Å². The molecule has 2 aliphatic rings. The Balaban J connectivity index is 1.38. The Morgan fingerprint density at radius 3 is 2.73 bits per heavy atom. The van der Waals surface area contributed by atoms with E-state index in [1.54, 1.807) is 6.07 Å². The fraction of sp³-hybridized carbons (Fsp3) is 0.400. The number of ketones is 1. The molecule has 3 heterocycles. The maximum Gasteiger partial charge on any atom is 0.339 e. The summed E-state index contributed by atoms with van der Waals surface area (Å²) in [5, 5.41) is 0.746. The number of pyridine rings is 1. The van der Waals surface area contributed by atoms with Gasteiger partial charge < -0.3 is 9.30 Å².